The van der Waals surface area contributed by atoms with Crippen LogP contribution in [-0.2, 0) is 31.6 Å². The van der Waals surface area contributed by atoms with Gasteiger partial charge in [0.15, 0.2) is 5.65 Å². The first kappa shape index (κ1) is 34.0. The van der Waals surface area contributed by atoms with E-state index in [-0.39, 0.29) is 5.39 Å². The monoisotopic (exact) mass is 696 g/mol. The molecule has 12 nitrogen and oxygen atoms in total. The minimum Gasteiger partial charge on any atom is -0.480 e. The molecule has 5 aromatic rings. The molecule has 49 heavy (non-hydrogen) atoms. The van der Waals surface area contributed by atoms with Gasteiger partial charge in [-0.25, -0.2) is 19.7 Å². The second kappa shape index (κ2) is 13.6. The SMILES string of the molecule is COc1nc(-c2cccc(-c3cccc(Nc4nc(C(F)(F)F)nc5c4c(=O)n(C)c(=O)n5C)c3C)c2Cl)cnc1CNC1CCOCC1. The minimum atomic E-state index is -4.95. The highest BCUT2D eigenvalue weighted by Gasteiger charge is 2.36. The Balaban J connectivity index is 1.37. The number of alkyl halides is 3. The molecule has 0 unspecified atom stereocenters. The van der Waals surface area contributed by atoms with Gasteiger partial charge in [-0.3, -0.25) is 18.9 Å². The summed E-state index contributed by atoms with van der Waals surface area (Å²) in [7, 11) is 3.99. The second-order valence-corrected chi connectivity index (χ2v) is 11.9. The van der Waals surface area contributed by atoms with Crippen LogP contribution in [0, 0.1) is 6.92 Å². The lowest BCUT2D eigenvalue weighted by molar-refractivity contribution is -0.144. The number of benzene rings is 2. The van der Waals surface area contributed by atoms with E-state index in [1.165, 1.54) is 21.2 Å². The second-order valence-electron chi connectivity index (χ2n) is 11.5. The topological polar surface area (TPSA) is 138 Å². The van der Waals surface area contributed by atoms with Crippen molar-refractivity contribution >= 4 is 34.1 Å². The molecule has 1 aliphatic rings. The number of hydrogen-bond donors (Lipinski definition) is 2. The van der Waals surface area contributed by atoms with Gasteiger partial charge in [0.05, 0.1) is 24.0 Å². The number of rotatable bonds is 8. The molecule has 0 bridgehead atoms. The summed E-state index contributed by atoms with van der Waals surface area (Å²) < 4.78 is 54.2. The van der Waals surface area contributed by atoms with Crippen LogP contribution in [0.25, 0.3) is 33.4 Å². The third-order valence-electron chi connectivity index (χ3n) is 8.49. The summed E-state index contributed by atoms with van der Waals surface area (Å²) in [5.74, 6) is -1.54. The van der Waals surface area contributed by atoms with Gasteiger partial charge in [0.2, 0.25) is 11.7 Å². The molecule has 4 heterocycles. The van der Waals surface area contributed by atoms with E-state index in [1.807, 2.05) is 18.2 Å². The molecule has 0 saturated carbocycles. The van der Waals surface area contributed by atoms with Crippen LogP contribution in [0.1, 0.15) is 29.9 Å². The van der Waals surface area contributed by atoms with Crippen molar-refractivity contribution in [1.29, 1.82) is 0 Å². The molecule has 0 amide bonds. The largest absolute Gasteiger partial charge is 0.480 e. The van der Waals surface area contributed by atoms with Gasteiger partial charge >= 0.3 is 11.9 Å². The lowest BCUT2D eigenvalue weighted by Gasteiger charge is -2.23. The average Bonchev–Trinajstić information content (AvgIpc) is 3.09. The number of nitrogens with one attached hydrogen (secondary N) is 2. The fourth-order valence-electron chi connectivity index (χ4n) is 5.76. The van der Waals surface area contributed by atoms with Crippen molar-refractivity contribution in [3.63, 3.8) is 0 Å². The molecule has 0 radical (unpaired) electrons. The Kier molecular flexibility index (Phi) is 9.42. The lowest BCUT2D eigenvalue weighted by atomic mass is 9.96. The molecule has 0 atom stereocenters. The first-order valence-electron chi connectivity index (χ1n) is 15.3. The zero-order valence-electron chi connectivity index (χ0n) is 27.0. The number of anilines is 2. The third kappa shape index (κ3) is 6.60. The lowest BCUT2D eigenvalue weighted by Crippen LogP contribution is -2.38. The van der Waals surface area contributed by atoms with Gasteiger partial charge in [0, 0.05) is 56.7 Å². The molecule has 2 N–H and O–H groups in total. The maximum absolute atomic E-state index is 13.9. The molecule has 256 valence electrons. The van der Waals surface area contributed by atoms with Crippen molar-refractivity contribution in [3.05, 3.63) is 85.5 Å². The average molecular weight is 697 g/mol. The number of ether oxygens (including phenoxy) is 2. The van der Waals surface area contributed by atoms with E-state index in [0.717, 1.165) is 22.0 Å². The summed E-state index contributed by atoms with van der Waals surface area (Å²) in [5.41, 5.74) is 1.83. The van der Waals surface area contributed by atoms with Gasteiger partial charge in [0.1, 0.15) is 16.9 Å². The van der Waals surface area contributed by atoms with E-state index in [0.29, 0.717) is 76.0 Å². The molecule has 6 rings (SSSR count). The predicted octanol–water partition coefficient (Wildman–Crippen LogP) is 5.15. The van der Waals surface area contributed by atoms with E-state index in [9.17, 15) is 22.8 Å². The molecular weight excluding hydrogens is 665 g/mol. The highest BCUT2D eigenvalue weighted by molar-refractivity contribution is 6.36. The molecule has 1 aliphatic heterocycles. The molecule has 0 aliphatic carbocycles. The van der Waals surface area contributed by atoms with Crippen molar-refractivity contribution in [2.45, 2.75) is 38.5 Å². The summed E-state index contributed by atoms with van der Waals surface area (Å²) in [6.07, 6.45) is -1.49. The highest BCUT2D eigenvalue weighted by atomic mass is 35.5. The quantitative estimate of drug-likeness (QED) is 0.224. The summed E-state index contributed by atoms with van der Waals surface area (Å²) in [6, 6.07) is 10.9. The maximum atomic E-state index is 13.9. The summed E-state index contributed by atoms with van der Waals surface area (Å²) >= 11 is 7.00. The third-order valence-corrected chi connectivity index (χ3v) is 8.90. The zero-order chi connectivity index (χ0) is 35.0. The standard InChI is InChI=1S/C33H32ClF3N8O4/c1-17-19(7-6-10-22(17)40-27-25-28(43-31(42-27)33(35,36)37)44(2)32(47)45(3)30(25)46)20-8-5-9-21(26(20)34)23-15-39-24(29(41-23)48-4)16-38-18-11-13-49-14-12-18/h5-10,15,18,38H,11-14,16H2,1-4H3,(H,40,42,43). The van der Waals surface area contributed by atoms with Crippen molar-refractivity contribution in [3.8, 4) is 28.3 Å². The number of hydrogen-bond acceptors (Lipinski definition) is 10. The van der Waals surface area contributed by atoms with Crippen LogP contribution in [0.15, 0.2) is 52.2 Å². The van der Waals surface area contributed by atoms with Gasteiger partial charge in [-0.1, -0.05) is 41.9 Å². The van der Waals surface area contributed by atoms with E-state index in [4.69, 9.17) is 26.1 Å². The van der Waals surface area contributed by atoms with Crippen molar-refractivity contribution < 1.29 is 22.6 Å². The van der Waals surface area contributed by atoms with Crippen molar-refractivity contribution in [1.82, 2.24) is 34.4 Å². The fraction of sp³-hybridized carbons (Fsp3) is 0.333. The minimum absolute atomic E-state index is 0.277. The molecule has 3 aromatic heterocycles. The normalized spacial score (nSPS) is 14.0. The van der Waals surface area contributed by atoms with Crippen LogP contribution >= 0.6 is 11.6 Å². The number of fused-ring (bicyclic) bond motifs is 1. The van der Waals surface area contributed by atoms with E-state index < -0.39 is 34.7 Å². The highest BCUT2D eigenvalue weighted by Crippen LogP contribution is 2.40. The Bertz CT molecular complexity index is 2180. The number of aryl methyl sites for hydroxylation is 1. The van der Waals surface area contributed by atoms with Crippen LogP contribution in [-0.4, -0.2) is 55.4 Å². The van der Waals surface area contributed by atoms with E-state index in [2.05, 4.69) is 25.6 Å². The Labute approximate surface area is 282 Å². The van der Waals surface area contributed by atoms with Crippen LogP contribution < -0.4 is 26.6 Å². The number of halogens is 4. The smallest absolute Gasteiger partial charge is 0.451 e. The number of aromatic nitrogens is 6. The van der Waals surface area contributed by atoms with Crippen LogP contribution in [0.4, 0.5) is 24.7 Å². The van der Waals surface area contributed by atoms with Gasteiger partial charge < -0.3 is 20.1 Å². The van der Waals surface area contributed by atoms with Crippen molar-refractivity contribution in [2.24, 2.45) is 14.1 Å². The van der Waals surface area contributed by atoms with Crippen LogP contribution in [0.5, 0.6) is 5.88 Å². The first-order valence-corrected chi connectivity index (χ1v) is 15.7. The Hall–Kier alpha value is -4.86. The summed E-state index contributed by atoms with van der Waals surface area (Å²) in [6.45, 7) is 3.66. The zero-order valence-corrected chi connectivity index (χ0v) is 27.7. The molecule has 1 fully saturated rings. The molecule has 1 saturated heterocycles. The number of nitrogens with zero attached hydrogens (tertiary/aromatic N) is 6. The molecule has 0 spiro atoms. The van der Waals surface area contributed by atoms with Crippen molar-refractivity contribution in [2.75, 3.05) is 25.6 Å². The van der Waals surface area contributed by atoms with E-state index in [1.54, 1.807) is 31.3 Å². The Morgan fingerprint density at radius 2 is 1.69 bits per heavy atom. The molecule has 16 heteroatoms. The van der Waals surface area contributed by atoms with E-state index >= 15 is 0 Å². The van der Waals surface area contributed by atoms with Gasteiger partial charge in [-0.05, 0) is 37.0 Å². The van der Waals surface area contributed by atoms with Gasteiger partial charge in [0.25, 0.3) is 5.56 Å². The first-order chi connectivity index (χ1) is 23.4. The molecular formula is C33H32ClF3N8O4. The van der Waals surface area contributed by atoms with Gasteiger partial charge in [-0.15, -0.1) is 0 Å². The molecule has 2 aromatic carbocycles. The maximum Gasteiger partial charge on any atom is 0.451 e. The predicted molar refractivity (Wildman–Crippen MR) is 178 cm³/mol. The van der Waals surface area contributed by atoms with Crippen LogP contribution in [0.3, 0.4) is 0 Å². The Morgan fingerprint density at radius 1 is 1.00 bits per heavy atom. The summed E-state index contributed by atoms with van der Waals surface area (Å²) in [4.78, 5) is 42.2. The Morgan fingerprint density at radius 3 is 2.41 bits per heavy atom. The fourth-order valence-corrected chi connectivity index (χ4v) is 6.08. The van der Waals surface area contributed by atoms with Gasteiger partial charge in [-0.2, -0.15) is 13.2 Å². The number of methoxy groups -OCH3 is 1. The van der Waals surface area contributed by atoms with Crippen LogP contribution in [0.2, 0.25) is 5.02 Å². The summed E-state index contributed by atoms with van der Waals surface area (Å²) in [5, 5.41) is 6.47.